The molecule has 6 nitrogen and oxygen atoms in total. The fourth-order valence-electron chi connectivity index (χ4n) is 6.35. The monoisotopic (exact) mass is 525 g/mol. The Bertz CT molecular complexity index is 1180. The van der Waals surface area contributed by atoms with Crippen LogP contribution in [0.2, 0.25) is 0 Å². The normalized spacial score (nSPS) is 29.3. The molecule has 192 valence electrons. The molecule has 2 aromatic heterocycles. The zero-order valence-electron chi connectivity index (χ0n) is 20.9. The molecule has 8 heteroatoms. The lowest BCUT2D eigenvalue weighted by Gasteiger charge is -2.58. The molecule has 2 heterocycles. The number of benzene rings is 1. The van der Waals surface area contributed by atoms with Crippen LogP contribution in [0.3, 0.4) is 0 Å². The average molecular weight is 526 g/mol. The summed E-state index contributed by atoms with van der Waals surface area (Å²) in [5.41, 5.74) is 1.34. The predicted molar refractivity (Wildman–Crippen MR) is 145 cm³/mol. The molecule has 0 aliphatic heterocycles. The number of carbonyl (C=O) groups excluding carboxylic acids is 1. The van der Waals surface area contributed by atoms with Crippen molar-refractivity contribution >= 4 is 33.7 Å². The van der Waals surface area contributed by atoms with Crippen molar-refractivity contribution in [2.45, 2.75) is 64.6 Å². The molecule has 36 heavy (non-hydrogen) atoms. The number of aliphatic hydroxyl groups excluding tert-OH is 2. The number of fused-ring (bicyclic) bond motifs is 2. The number of rotatable bonds is 8. The Morgan fingerprint density at radius 3 is 2.69 bits per heavy atom. The fraction of sp³-hybridized carbons (Fsp3) is 0.500. The van der Waals surface area contributed by atoms with Crippen LogP contribution in [-0.4, -0.2) is 33.8 Å². The lowest BCUT2D eigenvalue weighted by Crippen LogP contribution is -2.57. The standard InChI is InChI=1S/C28H35N3O3S2/c1-27-11-10-23(33)28(2,17-32)22(27)14-21-25(20(27)13-24(34)29-16-19-9-6-12-35-19)31-26(36-21)30-15-18-7-4-3-5-8-18/h3-9,12,20,22-23,32-33H,10-11,13-17H2,1-2H3,(H,29,34)(H,30,31)/t20-,22+,23-,27+,28+/m1/s1. The van der Waals surface area contributed by atoms with Crippen molar-refractivity contribution in [2.75, 3.05) is 11.9 Å². The molecule has 4 N–H and O–H groups in total. The number of aromatic nitrogens is 1. The van der Waals surface area contributed by atoms with Crippen LogP contribution >= 0.6 is 22.7 Å². The number of amides is 1. The van der Waals surface area contributed by atoms with E-state index in [4.69, 9.17) is 4.98 Å². The lowest BCUT2D eigenvalue weighted by molar-refractivity contribution is -0.144. The van der Waals surface area contributed by atoms with E-state index >= 15 is 0 Å². The van der Waals surface area contributed by atoms with Crippen molar-refractivity contribution in [1.82, 2.24) is 10.3 Å². The summed E-state index contributed by atoms with van der Waals surface area (Å²) >= 11 is 3.29. The smallest absolute Gasteiger partial charge is 0.220 e. The van der Waals surface area contributed by atoms with Gasteiger partial charge in [0.25, 0.3) is 0 Å². The maximum Gasteiger partial charge on any atom is 0.220 e. The molecule has 3 aromatic rings. The third-order valence-corrected chi connectivity index (χ3v) is 10.5. The minimum atomic E-state index is -0.613. The topological polar surface area (TPSA) is 94.5 Å². The number of nitrogens with one attached hydrogen (secondary N) is 2. The maximum absolute atomic E-state index is 13.2. The number of anilines is 1. The number of nitrogens with zero attached hydrogens (tertiary/aromatic N) is 1. The largest absolute Gasteiger partial charge is 0.396 e. The number of hydrogen-bond donors (Lipinski definition) is 4. The summed E-state index contributed by atoms with van der Waals surface area (Å²) in [6, 6.07) is 14.3. The van der Waals surface area contributed by atoms with Crippen LogP contribution in [0.5, 0.6) is 0 Å². The number of thiophene rings is 1. The first-order chi connectivity index (χ1) is 17.3. The second-order valence-corrected chi connectivity index (χ2v) is 12.9. The Labute approximate surface area is 220 Å². The third-order valence-electron chi connectivity index (χ3n) is 8.61. The highest BCUT2D eigenvalue weighted by Crippen LogP contribution is 2.62. The molecule has 2 aliphatic rings. The van der Waals surface area contributed by atoms with Crippen LogP contribution in [-0.2, 0) is 24.3 Å². The van der Waals surface area contributed by atoms with Crippen LogP contribution in [0, 0.1) is 16.7 Å². The molecule has 1 fully saturated rings. The maximum atomic E-state index is 13.2. The number of hydrogen-bond acceptors (Lipinski definition) is 7. The van der Waals surface area contributed by atoms with E-state index in [0.717, 1.165) is 33.4 Å². The SMILES string of the molecule is C[C@]1(CO)[C@H]2Cc3sc(NCc4ccccc4)nc3[C@@H](CC(=O)NCc3cccs3)[C@]2(C)CC[C@H]1O. The van der Waals surface area contributed by atoms with Gasteiger partial charge in [-0.1, -0.05) is 50.2 Å². The molecule has 1 amide bonds. The van der Waals surface area contributed by atoms with Gasteiger partial charge in [0, 0.05) is 34.1 Å². The molecule has 5 rings (SSSR count). The van der Waals surface area contributed by atoms with Gasteiger partial charge in [0.15, 0.2) is 5.13 Å². The summed E-state index contributed by atoms with van der Waals surface area (Å²) in [4.78, 5) is 20.5. The van der Waals surface area contributed by atoms with Gasteiger partial charge in [-0.25, -0.2) is 4.98 Å². The number of thiazole rings is 1. The highest BCUT2D eigenvalue weighted by molar-refractivity contribution is 7.15. The summed E-state index contributed by atoms with van der Waals surface area (Å²) in [6.07, 6.45) is 1.98. The van der Waals surface area contributed by atoms with E-state index in [1.807, 2.05) is 42.6 Å². The zero-order valence-corrected chi connectivity index (χ0v) is 22.5. The Morgan fingerprint density at radius 2 is 1.97 bits per heavy atom. The summed E-state index contributed by atoms with van der Waals surface area (Å²) in [5, 5.41) is 30.8. The van der Waals surface area contributed by atoms with Crippen LogP contribution < -0.4 is 10.6 Å². The second kappa shape index (κ2) is 10.2. The van der Waals surface area contributed by atoms with Gasteiger partial charge in [-0.05, 0) is 47.6 Å². The molecule has 5 atom stereocenters. The summed E-state index contributed by atoms with van der Waals surface area (Å²) in [6.45, 7) is 5.40. The van der Waals surface area contributed by atoms with Crippen molar-refractivity contribution in [2.24, 2.45) is 16.7 Å². The van der Waals surface area contributed by atoms with E-state index in [0.29, 0.717) is 25.9 Å². The van der Waals surface area contributed by atoms with E-state index in [2.05, 4.69) is 29.7 Å². The van der Waals surface area contributed by atoms with Gasteiger partial charge < -0.3 is 20.8 Å². The molecule has 0 bridgehead atoms. The van der Waals surface area contributed by atoms with Crippen LogP contribution in [0.25, 0.3) is 0 Å². The van der Waals surface area contributed by atoms with Crippen molar-refractivity contribution in [3.05, 3.63) is 68.9 Å². The van der Waals surface area contributed by atoms with E-state index in [9.17, 15) is 15.0 Å². The molecule has 0 unspecified atom stereocenters. The molecule has 1 aromatic carbocycles. The highest BCUT2D eigenvalue weighted by Gasteiger charge is 2.59. The van der Waals surface area contributed by atoms with Crippen LogP contribution in [0.1, 0.15) is 60.0 Å². The van der Waals surface area contributed by atoms with E-state index in [1.54, 1.807) is 22.7 Å². The van der Waals surface area contributed by atoms with Crippen molar-refractivity contribution < 1.29 is 15.0 Å². The van der Waals surface area contributed by atoms with Gasteiger partial charge in [-0.15, -0.1) is 22.7 Å². The average Bonchev–Trinajstić information content (AvgIpc) is 3.56. The van der Waals surface area contributed by atoms with Crippen molar-refractivity contribution in [3.63, 3.8) is 0 Å². The number of aliphatic hydroxyl groups is 2. The Hall–Kier alpha value is -2.26. The molecule has 0 spiro atoms. The molecule has 2 aliphatic carbocycles. The van der Waals surface area contributed by atoms with Crippen molar-refractivity contribution in [3.8, 4) is 0 Å². The summed E-state index contributed by atoms with van der Waals surface area (Å²) in [7, 11) is 0. The second-order valence-electron chi connectivity index (χ2n) is 10.8. The van der Waals surface area contributed by atoms with Gasteiger partial charge in [0.2, 0.25) is 5.91 Å². The van der Waals surface area contributed by atoms with E-state index < -0.39 is 11.5 Å². The molecule has 0 radical (unpaired) electrons. The first-order valence-corrected chi connectivity index (χ1v) is 14.4. The van der Waals surface area contributed by atoms with Crippen LogP contribution in [0.4, 0.5) is 5.13 Å². The lowest BCUT2D eigenvalue weighted by atomic mass is 9.47. The molecule has 1 saturated carbocycles. The minimum absolute atomic E-state index is 0.0184. The Balaban J connectivity index is 1.43. The van der Waals surface area contributed by atoms with Gasteiger partial charge in [0.05, 0.1) is 24.9 Å². The van der Waals surface area contributed by atoms with Gasteiger partial charge in [-0.3, -0.25) is 4.79 Å². The van der Waals surface area contributed by atoms with E-state index in [1.165, 1.54) is 5.56 Å². The Morgan fingerprint density at radius 1 is 1.17 bits per heavy atom. The molecular weight excluding hydrogens is 490 g/mol. The van der Waals surface area contributed by atoms with E-state index in [-0.39, 0.29) is 29.8 Å². The molecule has 0 saturated heterocycles. The predicted octanol–water partition coefficient (Wildman–Crippen LogP) is 4.94. The first kappa shape index (κ1) is 25.4. The summed E-state index contributed by atoms with van der Waals surface area (Å²) < 4.78 is 0. The van der Waals surface area contributed by atoms with Crippen molar-refractivity contribution in [1.29, 1.82) is 0 Å². The zero-order chi connectivity index (χ0) is 25.3. The summed E-state index contributed by atoms with van der Waals surface area (Å²) in [5.74, 6) is 0.00472. The molecular formula is C28H35N3O3S2. The highest BCUT2D eigenvalue weighted by atomic mass is 32.1. The minimum Gasteiger partial charge on any atom is -0.396 e. The Kier molecular flexibility index (Phi) is 7.23. The third kappa shape index (κ3) is 4.72. The number of carbonyl (C=O) groups is 1. The van der Waals surface area contributed by atoms with Gasteiger partial charge >= 0.3 is 0 Å². The van der Waals surface area contributed by atoms with Crippen LogP contribution in [0.15, 0.2) is 47.8 Å². The van der Waals surface area contributed by atoms with Gasteiger partial charge in [-0.2, -0.15) is 0 Å². The first-order valence-electron chi connectivity index (χ1n) is 12.7. The quantitative estimate of drug-likeness (QED) is 0.334. The van der Waals surface area contributed by atoms with Gasteiger partial charge in [0.1, 0.15) is 0 Å². The fourth-order valence-corrected chi connectivity index (χ4v) is 8.06.